The fourth-order valence-electron chi connectivity index (χ4n) is 1.86. The van der Waals surface area contributed by atoms with E-state index < -0.39 is 0 Å². The number of hydrogen-bond donors (Lipinski definition) is 2. The highest BCUT2D eigenvalue weighted by molar-refractivity contribution is 8.01. The first-order valence-corrected chi connectivity index (χ1v) is 9.89. The maximum atomic E-state index is 11.9. The van der Waals surface area contributed by atoms with Gasteiger partial charge in [-0.1, -0.05) is 56.0 Å². The van der Waals surface area contributed by atoms with Crippen LogP contribution in [0.5, 0.6) is 0 Å². The van der Waals surface area contributed by atoms with Crippen LogP contribution in [0.1, 0.15) is 33.3 Å². The van der Waals surface area contributed by atoms with Crippen LogP contribution in [-0.4, -0.2) is 27.9 Å². The van der Waals surface area contributed by atoms with Crippen molar-refractivity contribution in [3.05, 3.63) is 29.8 Å². The van der Waals surface area contributed by atoms with E-state index in [1.807, 2.05) is 19.1 Å². The van der Waals surface area contributed by atoms with Gasteiger partial charge in [-0.25, -0.2) is 0 Å². The number of thioether (sulfide) groups is 1. The molecule has 0 aliphatic heterocycles. The first-order chi connectivity index (χ1) is 11.5. The van der Waals surface area contributed by atoms with Gasteiger partial charge in [-0.2, -0.15) is 0 Å². The highest BCUT2D eigenvalue weighted by Crippen LogP contribution is 2.27. The van der Waals surface area contributed by atoms with E-state index in [4.69, 9.17) is 0 Å². The number of carbonyl (C=O) groups excluding carboxylic acids is 1. The Bertz CT molecular complexity index is 655. The molecule has 0 aliphatic carbocycles. The van der Waals surface area contributed by atoms with E-state index in [1.54, 1.807) is 0 Å². The van der Waals surface area contributed by atoms with Gasteiger partial charge in [0.2, 0.25) is 11.0 Å². The zero-order chi connectivity index (χ0) is 17.5. The molecular formula is C17H24N4OS2. The average molecular weight is 365 g/mol. The molecule has 1 unspecified atom stereocenters. The quantitative estimate of drug-likeness (QED) is 0.690. The Kier molecular flexibility index (Phi) is 7.05. The van der Waals surface area contributed by atoms with Crippen LogP contribution in [0, 0.1) is 5.92 Å². The van der Waals surface area contributed by atoms with Crippen molar-refractivity contribution in [1.29, 1.82) is 0 Å². The fourth-order valence-corrected chi connectivity index (χ4v) is 3.44. The molecule has 1 aromatic heterocycles. The van der Waals surface area contributed by atoms with Gasteiger partial charge in [0.15, 0.2) is 4.34 Å². The highest BCUT2D eigenvalue weighted by atomic mass is 32.2. The smallest absolute Gasteiger partial charge is 0.230 e. The van der Waals surface area contributed by atoms with Crippen LogP contribution >= 0.6 is 23.1 Å². The molecule has 130 valence electrons. The van der Waals surface area contributed by atoms with Crippen LogP contribution in [0.25, 0.3) is 0 Å². The largest absolute Gasteiger partial charge is 0.353 e. The number of aryl methyl sites for hydroxylation is 1. The summed E-state index contributed by atoms with van der Waals surface area (Å²) in [5.41, 5.74) is 2.29. The number of rotatable bonds is 8. The minimum absolute atomic E-state index is 0.0288. The van der Waals surface area contributed by atoms with Crippen molar-refractivity contribution in [3.63, 3.8) is 0 Å². The second kappa shape index (κ2) is 9.03. The van der Waals surface area contributed by atoms with Crippen molar-refractivity contribution in [1.82, 2.24) is 15.5 Å². The lowest BCUT2D eigenvalue weighted by Crippen LogP contribution is -2.37. The summed E-state index contributed by atoms with van der Waals surface area (Å²) in [6.07, 6.45) is 1.03. The number of hydrogen-bond acceptors (Lipinski definition) is 6. The number of nitrogens with one attached hydrogen (secondary N) is 2. The van der Waals surface area contributed by atoms with Gasteiger partial charge < -0.3 is 10.6 Å². The van der Waals surface area contributed by atoms with Gasteiger partial charge in [0.1, 0.15) is 0 Å². The van der Waals surface area contributed by atoms with Gasteiger partial charge in [-0.05, 0) is 37.0 Å². The molecule has 5 nitrogen and oxygen atoms in total. The van der Waals surface area contributed by atoms with Crippen LogP contribution in [0.4, 0.5) is 10.8 Å². The van der Waals surface area contributed by atoms with E-state index in [2.05, 4.69) is 53.7 Å². The minimum atomic E-state index is 0.0288. The van der Waals surface area contributed by atoms with Crippen LogP contribution in [0.2, 0.25) is 0 Å². The number of nitrogens with zero attached hydrogens (tertiary/aromatic N) is 2. The maximum absolute atomic E-state index is 11.9. The van der Waals surface area contributed by atoms with E-state index in [1.165, 1.54) is 28.7 Å². The van der Waals surface area contributed by atoms with Crippen LogP contribution in [0.3, 0.4) is 0 Å². The Labute approximate surface area is 151 Å². The average Bonchev–Trinajstić information content (AvgIpc) is 3.01. The Morgan fingerprint density at radius 1 is 1.21 bits per heavy atom. The molecular weight excluding hydrogens is 340 g/mol. The van der Waals surface area contributed by atoms with Gasteiger partial charge in [-0.15, -0.1) is 10.2 Å². The SMILES string of the molecule is CCc1ccc(Nc2nnc(SCC(=O)NC(C)C(C)C)s2)cc1. The van der Waals surface area contributed by atoms with Gasteiger partial charge >= 0.3 is 0 Å². The van der Waals surface area contributed by atoms with E-state index in [-0.39, 0.29) is 11.9 Å². The zero-order valence-corrected chi connectivity index (χ0v) is 16.1. The molecule has 0 saturated carbocycles. The van der Waals surface area contributed by atoms with Crippen molar-refractivity contribution in [3.8, 4) is 0 Å². The molecule has 0 saturated heterocycles. The topological polar surface area (TPSA) is 66.9 Å². The monoisotopic (exact) mass is 364 g/mol. The van der Waals surface area contributed by atoms with E-state index in [0.717, 1.165) is 21.6 Å². The van der Waals surface area contributed by atoms with Gasteiger partial charge in [0.25, 0.3) is 0 Å². The summed E-state index contributed by atoms with van der Waals surface area (Å²) in [5.74, 6) is 0.813. The van der Waals surface area contributed by atoms with E-state index in [9.17, 15) is 4.79 Å². The molecule has 0 fully saturated rings. The Balaban J connectivity index is 1.83. The second-order valence-corrected chi connectivity index (χ2v) is 8.14. The number of carbonyl (C=O) groups is 1. The number of benzene rings is 1. The number of anilines is 2. The van der Waals surface area contributed by atoms with Gasteiger partial charge in [-0.3, -0.25) is 4.79 Å². The van der Waals surface area contributed by atoms with Crippen molar-refractivity contribution in [2.75, 3.05) is 11.1 Å². The first kappa shape index (κ1) is 18.7. The molecule has 0 radical (unpaired) electrons. The lowest BCUT2D eigenvalue weighted by Gasteiger charge is -2.16. The molecule has 0 aliphatic rings. The van der Waals surface area contributed by atoms with Gasteiger partial charge in [0, 0.05) is 11.7 Å². The third kappa shape index (κ3) is 5.79. The summed E-state index contributed by atoms with van der Waals surface area (Å²) in [7, 11) is 0. The van der Waals surface area contributed by atoms with Crippen molar-refractivity contribution >= 4 is 39.8 Å². The standard InChI is InChI=1S/C17H24N4OS2/c1-5-13-6-8-14(9-7-13)19-16-20-21-17(24-16)23-10-15(22)18-12(4)11(2)3/h6-9,11-12H,5,10H2,1-4H3,(H,18,22)(H,19,20). The summed E-state index contributed by atoms with van der Waals surface area (Å²) < 4.78 is 0.787. The van der Waals surface area contributed by atoms with E-state index >= 15 is 0 Å². The lowest BCUT2D eigenvalue weighted by molar-refractivity contribution is -0.119. The van der Waals surface area contributed by atoms with Crippen molar-refractivity contribution < 1.29 is 4.79 Å². The predicted molar refractivity (Wildman–Crippen MR) is 102 cm³/mol. The maximum Gasteiger partial charge on any atom is 0.230 e. The van der Waals surface area contributed by atoms with Crippen LogP contribution in [0.15, 0.2) is 28.6 Å². The zero-order valence-electron chi connectivity index (χ0n) is 14.5. The molecule has 1 amide bonds. The minimum Gasteiger partial charge on any atom is -0.353 e. The molecule has 2 N–H and O–H groups in total. The third-order valence-corrected chi connectivity index (χ3v) is 5.71. The Morgan fingerprint density at radius 3 is 2.54 bits per heavy atom. The summed E-state index contributed by atoms with van der Waals surface area (Å²) in [4.78, 5) is 11.9. The summed E-state index contributed by atoms with van der Waals surface area (Å²) in [6.45, 7) is 8.33. The summed E-state index contributed by atoms with van der Waals surface area (Å²) in [6, 6.07) is 8.44. The number of aromatic nitrogens is 2. The summed E-state index contributed by atoms with van der Waals surface area (Å²) >= 11 is 2.87. The van der Waals surface area contributed by atoms with Gasteiger partial charge in [0.05, 0.1) is 5.75 Å². The fraction of sp³-hybridized carbons (Fsp3) is 0.471. The molecule has 1 aromatic carbocycles. The van der Waals surface area contributed by atoms with E-state index in [0.29, 0.717) is 11.7 Å². The van der Waals surface area contributed by atoms with Crippen LogP contribution in [-0.2, 0) is 11.2 Å². The molecule has 1 atom stereocenters. The van der Waals surface area contributed by atoms with Crippen molar-refractivity contribution in [2.45, 2.75) is 44.5 Å². The van der Waals surface area contributed by atoms with Crippen molar-refractivity contribution in [2.24, 2.45) is 5.92 Å². The second-order valence-electron chi connectivity index (χ2n) is 5.94. The molecule has 0 spiro atoms. The molecule has 1 heterocycles. The molecule has 0 bridgehead atoms. The number of amides is 1. The highest BCUT2D eigenvalue weighted by Gasteiger charge is 2.12. The first-order valence-electron chi connectivity index (χ1n) is 8.09. The van der Waals surface area contributed by atoms with Crippen LogP contribution < -0.4 is 10.6 Å². The predicted octanol–water partition coefficient (Wildman–Crippen LogP) is 4.10. The normalized spacial score (nSPS) is 12.2. The summed E-state index contributed by atoms with van der Waals surface area (Å²) in [5, 5.41) is 15.2. The molecule has 2 rings (SSSR count). The third-order valence-electron chi connectivity index (χ3n) is 3.74. The Morgan fingerprint density at radius 2 is 1.92 bits per heavy atom. The molecule has 7 heteroatoms. The molecule has 24 heavy (non-hydrogen) atoms. The molecule has 2 aromatic rings. The lowest BCUT2D eigenvalue weighted by atomic mass is 10.1. The Hall–Kier alpha value is -1.60.